The van der Waals surface area contributed by atoms with Crippen LogP contribution < -0.4 is 0 Å². The molecule has 0 aromatic heterocycles. The molecular formula is C19H38O3. The zero-order valence-corrected chi connectivity index (χ0v) is 15.1. The lowest BCUT2D eigenvalue weighted by Crippen LogP contribution is -2.29. The molecule has 1 unspecified atom stereocenters. The van der Waals surface area contributed by atoms with Crippen LogP contribution in [-0.4, -0.2) is 22.3 Å². The van der Waals surface area contributed by atoms with Crippen LogP contribution in [0.3, 0.4) is 0 Å². The highest BCUT2D eigenvalue weighted by atomic mass is 16.4. The highest BCUT2D eigenvalue weighted by Crippen LogP contribution is 2.30. The number of carboxylic acids is 1. The minimum Gasteiger partial charge on any atom is -0.481 e. The zero-order valence-electron chi connectivity index (χ0n) is 15.1. The van der Waals surface area contributed by atoms with Crippen molar-refractivity contribution in [2.75, 3.05) is 0 Å². The Kier molecular flexibility index (Phi) is 12.6. The van der Waals surface area contributed by atoms with E-state index >= 15 is 0 Å². The number of rotatable bonds is 15. The van der Waals surface area contributed by atoms with E-state index in [4.69, 9.17) is 5.11 Å². The summed E-state index contributed by atoms with van der Waals surface area (Å²) in [5.74, 6) is -0.825. The first-order valence-corrected chi connectivity index (χ1v) is 9.30. The van der Waals surface area contributed by atoms with Crippen molar-refractivity contribution >= 4 is 5.97 Å². The standard InChI is InChI=1S/C19H38O3/c1-4-5-6-7-8-9-10-11-12-13-16-19(2,3)17(20)14-15-18(21)22/h17,20H,4-16H2,1-3H3,(H,21,22). The molecule has 2 N–H and O–H groups in total. The maximum absolute atomic E-state index is 10.6. The Bertz CT molecular complexity index is 274. The van der Waals surface area contributed by atoms with Crippen LogP contribution >= 0.6 is 0 Å². The molecular weight excluding hydrogens is 276 g/mol. The summed E-state index contributed by atoms with van der Waals surface area (Å²) in [6.07, 6.45) is 14.0. The van der Waals surface area contributed by atoms with Gasteiger partial charge in [-0.15, -0.1) is 0 Å². The van der Waals surface area contributed by atoms with E-state index < -0.39 is 12.1 Å². The lowest BCUT2D eigenvalue weighted by atomic mass is 9.79. The lowest BCUT2D eigenvalue weighted by Gasteiger charge is -2.30. The molecule has 0 aromatic carbocycles. The molecule has 0 rings (SSSR count). The Balaban J connectivity index is 3.53. The van der Waals surface area contributed by atoms with Crippen molar-refractivity contribution in [3.63, 3.8) is 0 Å². The maximum Gasteiger partial charge on any atom is 0.303 e. The van der Waals surface area contributed by atoms with Gasteiger partial charge in [0, 0.05) is 6.42 Å². The van der Waals surface area contributed by atoms with Gasteiger partial charge in [0.15, 0.2) is 0 Å². The summed E-state index contributed by atoms with van der Waals surface area (Å²) in [6.45, 7) is 6.35. The van der Waals surface area contributed by atoms with Crippen molar-refractivity contribution in [2.45, 2.75) is 110 Å². The summed E-state index contributed by atoms with van der Waals surface area (Å²) in [5.41, 5.74) is -0.171. The first-order chi connectivity index (χ1) is 10.4. The van der Waals surface area contributed by atoms with Crippen molar-refractivity contribution in [3.05, 3.63) is 0 Å². The molecule has 0 saturated carbocycles. The summed E-state index contributed by atoms with van der Waals surface area (Å²) in [5, 5.41) is 18.8. The molecule has 0 aliphatic rings. The van der Waals surface area contributed by atoms with Crippen LogP contribution in [0, 0.1) is 5.41 Å². The minimum absolute atomic E-state index is 0.0582. The molecule has 3 heteroatoms. The van der Waals surface area contributed by atoms with Gasteiger partial charge in [-0.1, -0.05) is 85.0 Å². The largest absolute Gasteiger partial charge is 0.481 e. The molecule has 0 aliphatic carbocycles. The predicted octanol–water partition coefficient (Wildman–Crippen LogP) is 5.55. The first kappa shape index (κ1) is 21.4. The number of carbonyl (C=O) groups is 1. The Morgan fingerprint density at radius 2 is 1.36 bits per heavy atom. The fraction of sp³-hybridized carbons (Fsp3) is 0.947. The molecule has 1 atom stereocenters. The van der Waals surface area contributed by atoms with E-state index in [1.807, 2.05) is 13.8 Å². The smallest absolute Gasteiger partial charge is 0.303 e. The molecule has 0 saturated heterocycles. The van der Waals surface area contributed by atoms with E-state index in [1.165, 1.54) is 57.8 Å². The molecule has 0 aliphatic heterocycles. The third kappa shape index (κ3) is 12.0. The van der Waals surface area contributed by atoms with Gasteiger partial charge in [-0.2, -0.15) is 0 Å². The molecule has 0 fully saturated rings. The highest BCUT2D eigenvalue weighted by Gasteiger charge is 2.27. The second-order valence-electron chi connectivity index (χ2n) is 7.37. The summed E-state index contributed by atoms with van der Waals surface area (Å²) < 4.78 is 0. The van der Waals surface area contributed by atoms with Crippen LogP contribution in [0.5, 0.6) is 0 Å². The third-order valence-corrected chi connectivity index (χ3v) is 4.71. The van der Waals surface area contributed by atoms with Crippen LogP contribution in [0.25, 0.3) is 0 Å². The summed E-state index contributed by atoms with van der Waals surface area (Å²) >= 11 is 0. The predicted molar refractivity (Wildman–Crippen MR) is 93.1 cm³/mol. The van der Waals surface area contributed by atoms with Gasteiger partial charge in [-0.05, 0) is 18.3 Å². The van der Waals surface area contributed by atoms with Gasteiger partial charge in [0.1, 0.15) is 0 Å². The SMILES string of the molecule is CCCCCCCCCCCCC(C)(C)C(O)CCC(=O)O. The Labute approximate surface area is 137 Å². The lowest BCUT2D eigenvalue weighted by molar-refractivity contribution is -0.138. The van der Waals surface area contributed by atoms with E-state index in [2.05, 4.69) is 6.92 Å². The van der Waals surface area contributed by atoms with Gasteiger partial charge in [0.2, 0.25) is 0 Å². The average molecular weight is 315 g/mol. The highest BCUT2D eigenvalue weighted by molar-refractivity contribution is 5.66. The number of aliphatic hydroxyl groups is 1. The molecule has 132 valence electrons. The normalized spacial score (nSPS) is 13.3. The van der Waals surface area contributed by atoms with E-state index in [1.54, 1.807) is 0 Å². The van der Waals surface area contributed by atoms with Crippen LogP contribution in [-0.2, 0) is 4.79 Å². The Morgan fingerprint density at radius 3 is 1.82 bits per heavy atom. The molecule has 0 radical (unpaired) electrons. The van der Waals surface area contributed by atoms with E-state index in [0.29, 0.717) is 6.42 Å². The van der Waals surface area contributed by atoms with Crippen molar-refractivity contribution in [2.24, 2.45) is 5.41 Å². The second-order valence-corrected chi connectivity index (χ2v) is 7.37. The molecule has 0 aromatic rings. The molecule has 0 bridgehead atoms. The average Bonchev–Trinajstić information content (AvgIpc) is 2.46. The number of hydrogen-bond donors (Lipinski definition) is 2. The molecule has 22 heavy (non-hydrogen) atoms. The second kappa shape index (κ2) is 12.9. The molecule has 0 heterocycles. The molecule has 3 nitrogen and oxygen atoms in total. The summed E-state index contributed by atoms with van der Waals surface area (Å²) in [4.78, 5) is 10.6. The fourth-order valence-corrected chi connectivity index (χ4v) is 2.89. The number of carboxylic acid groups (broad SMARTS) is 1. The number of hydrogen-bond acceptors (Lipinski definition) is 2. The van der Waals surface area contributed by atoms with E-state index in [-0.39, 0.29) is 11.8 Å². The maximum atomic E-state index is 10.6. The number of aliphatic hydroxyl groups excluding tert-OH is 1. The Morgan fingerprint density at radius 1 is 0.909 bits per heavy atom. The third-order valence-electron chi connectivity index (χ3n) is 4.71. The monoisotopic (exact) mass is 314 g/mol. The van der Waals surface area contributed by atoms with Crippen LogP contribution in [0.4, 0.5) is 0 Å². The minimum atomic E-state index is -0.825. The zero-order chi connectivity index (χ0) is 16.8. The van der Waals surface area contributed by atoms with Crippen molar-refractivity contribution in [3.8, 4) is 0 Å². The molecule has 0 spiro atoms. The number of aliphatic carboxylic acids is 1. The quantitative estimate of drug-likeness (QED) is 0.390. The van der Waals surface area contributed by atoms with E-state index in [0.717, 1.165) is 12.8 Å². The van der Waals surface area contributed by atoms with Gasteiger partial charge in [-0.3, -0.25) is 4.79 Å². The van der Waals surface area contributed by atoms with Crippen LogP contribution in [0.1, 0.15) is 104 Å². The summed E-state index contributed by atoms with van der Waals surface area (Å²) in [7, 11) is 0. The summed E-state index contributed by atoms with van der Waals surface area (Å²) in [6, 6.07) is 0. The van der Waals surface area contributed by atoms with Gasteiger partial charge in [0.05, 0.1) is 6.10 Å². The van der Waals surface area contributed by atoms with Gasteiger partial charge < -0.3 is 10.2 Å². The van der Waals surface area contributed by atoms with Crippen LogP contribution in [0.2, 0.25) is 0 Å². The van der Waals surface area contributed by atoms with Crippen molar-refractivity contribution in [1.29, 1.82) is 0 Å². The van der Waals surface area contributed by atoms with Gasteiger partial charge >= 0.3 is 5.97 Å². The Hall–Kier alpha value is -0.570. The van der Waals surface area contributed by atoms with Gasteiger partial charge in [-0.25, -0.2) is 0 Å². The van der Waals surface area contributed by atoms with Crippen molar-refractivity contribution < 1.29 is 15.0 Å². The molecule has 0 amide bonds. The first-order valence-electron chi connectivity index (χ1n) is 9.30. The number of unbranched alkanes of at least 4 members (excludes halogenated alkanes) is 9. The van der Waals surface area contributed by atoms with Crippen LogP contribution in [0.15, 0.2) is 0 Å². The van der Waals surface area contributed by atoms with Crippen molar-refractivity contribution in [1.82, 2.24) is 0 Å². The van der Waals surface area contributed by atoms with Gasteiger partial charge in [0.25, 0.3) is 0 Å². The van der Waals surface area contributed by atoms with E-state index in [9.17, 15) is 9.90 Å². The topological polar surface area (TPSA) is 57.5 Å². The fourth-order valence-electron chi connectivity index (χ4n) is 2.89.